The number of rotatable bonds is 10. The predicted octanol–water partition coefficient (Wildman–Crippen LogP) is 6.59. The SMILES string of the molecule is CCCC(C)CCCCCC1CCCC1CCC. The zero-order valence-corrected chi connectivity index (χ0v) is 13.2. The van der Waals surface area contributed by atoms with Crippen molar-refractivity contribution in [3.05, 3.63) is 0 Å². The van der Waals surface area contributed by atoms with Gasteiger partial charge in [-0.25, -0.2) is 0 Å². The van der Waals surface area contributed by atoms with Crippen molar-refractivity contribution < 1.29 is 0 Å². The first-order chi connectivity index (χ1) is 8.77. The normalized spacial score (nSPS) is 25.5. The van der Waals surface area contributed by atoms with Crippen LogP contribution in [0.25, 0.3) is 0 Å². The van der Waals surface area contributed by atoms with E-state index in [0.717, 1.165) is 17.8 Å². The molecule has 1 rings (SSSR count). The second-order valence-electron chi connectivity index (χ2n) is 6.77. The van der Waals surface area contributed by atoms with Gasteiger partial charge in [0.1, 0.15) is 0 Å². The maximum Gasteiger partial charge on any atom is -0.0386 e. The van der Waals surface area contributed by atoms with Gasteiger partial charge in [-0.2, -0.15) is 0 Å². The predicted molar refractivity (Wildman–Crippen MR) is 82.9 cm³/mol. The smallest absolute Gasteiger partial charge is 0.0386 e. The lowest BCUT2D eigenvalue weighted by Crippen LogP contribution is -2.07. The van der Waals surface area contributed by atoms with Crippen molar-refractivity contribution >= 4 is 0 Å². The van der Waals surface area contributed by atoms with Crippen LogP contribution in [0, 0.1) is 17.8 Å². The monoisotopic (exact) mass is 252 g/mol. The van der Waals surface area contributed by atoms with Crippen LogP contribution in [0.4, 0.5) is 0 Å². The summed E-state index contributed by atoms with van der Waals surface area (Å²) in [6.45, 7) is 7.09. The Morgan fingerprint density at radius 2 is 1.56 bits per heavy atom. The molecule has 3 atom stereocenters. The minimum Gasteiger partial charge on any atom is -0.0654 e. The highest BCUT2D eigenvalue weighted by Crippen LogP contribution is 2.38. The van der Waals surface area contributed by atoms with E-state index in [0.29, 0.717) is 0 Å². The molecule has 0 N–H and O–H groups in total. The topological polar surface area (TPSA) is 0 Å². The number of hydrogen-bond donors (Lipinski definition) is 0. The summed E-state index contributed by atoms with van der Waals surface area (Å²) in [6, 6.07) is 0. The fraction of sp³-hybridized carbons (Fsp3) is 1.00. The Bertz CT molecular complexity index is 184. The minimum absolute atomic E-state index is 0.967. The molecule has 0 spiro atoms. The van der Waals surface area contributed by atoms with Crippen LogP contribution in [0.5, 0.6) is 0 Å². The van der Waals surface area contributed by atoms with E-state index in [1.807, 2.05) is 0 Å². The highest BCUT2D eigenvalue weighted by molar-refractivity contribution is 4.77. The van der Waals surface area contributed by atoms with E-state index in [2.05, 4.69) is 20.8 Å². The van der Waals surface area contributed by atoms with Crippen molar-refractivity contribution in [2.45, 2.75) is 97.8 Å². The molecule has 1 aliphatic carbocycles. The average Bonchev–Trinajstić information content (AvgIpc) is 2.77. The lowest BCUT2D eigenvalue weighted by molar-refractivity contribution is 0.328. The fourth-order valence-corrected chi connectivity index (χ4v) is 3.96. The van der Waals surface area contributed by atoms with Gasteiger partial charge in [0.05, 0.1) is 0 Å². The molecule has 0 nitrogen and oxygen atoms in total. The molecule has 18 heavy (non-hydrogen) atoms. The average molecular weight is 252 g/mol. The first-order valence-corrected chi connectivity index (χ1v) is 8.77. The van der Waals surface area contributed by atoms with Crippen molar-refractivity contribution in [1.82, 2.24) is 0 Å². The van der Waals surface area contributed by atoms with Gasteiger partial charge in [-0.3, -0.25) is 0 Å². The summed E-state index contributed by atoms with van der Waals surface area (Å²) < 4.78 is 0. The summed E-state index contributed by atoms with van der Waals surface area (Å²) in [5.41, 5.74) is 0. The van der Waals surface area contributed by atoms with Crippen LogP contribution >= 0.6 is 0 Å². The Balaban J connectivity index is 2.00. The molecule has 1 saturated carbocycles. The van der Waals surface area contributed by atoms with E-state index in [4.69, 9.17) is 0 Å². The van der Waals surface area contributed by atoms with Crippen LogP contribution in [0.3, 0.4) is 0 Å². The quantitative estimate of drug-likeness (QED) is 0.385. The Morgan fingerprint density at radius 3 is 2.22 bits per heavy atom. The molecule has 0 aromatic rings. The first-order valence-electron chi connectivity index (χ1n) is 8.77. The molecular weight excluding hydrogens is 216 g/mol. The van der Waals surface area contributed by atoms with Gasteiger partial charge in [-0.1, -0.05) is 97.8 Å². The Morgan fingerprint density at radius 1 is 0.833 bits per heavy atom. The van der Waals surface area contributed by atoms with E-state index in [-0.39, 0.29) is 0 Å². The molecule has 108 valence electrons. The second kappa shape index (κ2) is 9.87. The van der Waals surface area contributed by atoms with Crippen LogP contribution in [0.2, 0.25) is 0 Å². The van der Waals surface area contributed by atoms with Crippen molar-refractivity contribution in [2.75, 3.05) is 0 Å². The van der Waals surface area contributed by atoms with Crippen LogP contribution in [-0.4, -0.2) is 0 Å². The van der Waals surface area contributed by atoms with Crippen molar-refractivity contribution in [1.29, 1.82) is 0 Å². The fourth-order valence-electron chi connectivity index (χ4n) is 3.96. The molecule has 0 radical (unpaired) electrons. The van der Waals surface area contributed by atoms with Gasteiger partial charge in [-0.15, -0.1) is 0 Å². The Labute approximate surface area is 116 Å². The molecular formula is C18H36. The maximum absolute atomic E-state index is 2.43. The molecule has 0 aromatic heterocycles. The highest BCUT2D eigenvalue weighted by atomic mass is 14.3. The van der Waals surface area contributed by atoms with E-state index in [1.54, 1.807) is 0 Å². The number of hydrogen-bond acceptors (Lipinski definition) is 0. The van der Waals surface area contributed by atoms with Crippen molar-refractivity contribution in [3.63, 3.8) is 0 Å². The second-order valence-corrected chi connectivity index (χ2v) is 6.77. The molecule has 0 aliphatic heterocycles. The third-order valence-corrected chi connectivity index (χ3v) is 5.03. The van der Waals surface area contributed by atoms with E-state index in [9.17, 15) is 0 Å². The standard InChI is InChI=1S/C18H36/c1-4-10-16(3)12-7-6-8-13-18-15-9-14-17(18)11-5-2/h16-18H,4-15H2,1-3H3. The Hall–Kier alpha value is 0. The largest absolute Gasteiger partial charge is 0.0654 e. The maximum atomic E-state index is 2.43. The minimum atomic E-state index is 0.967. The van der Waals surface area contributed by atoms with Crippen LogP contribution < -0.4 is 0 Å². The van der Waals surface area contributed by atoms with Gasteiger partial charge in [0.2, 0.25) is 0 Å². The summed E-state index contributed by atoms with van der Waals surface area (Å²) in [7, 11) is 0. The summed E-state index contributed by atoms with van der Waals surface area (Å²) in [6.07, 6.45) is 17.8. The van der Waals surface area contributed by atoms with E-state index < -0.39 is 0 Å². The van der Waals surface area contributed by atoms with Gasteiger partial charge in [0, 0.05) is 0 Å². The third kappa shape index (κ3) is 6.25. The highest BCUT2D eigenvalue weighted by Gasteiger charge is 2.25. The molecule has 0 aromatic carbocycles. The molecule has 0 heterocycles. The first kappa shape index (κ1) is 16.1. The molecule has 1 aliphatic rings. The van der Waals surface area contributed by atoms with E-state index >= 15 is 0 Å². The Kier molecular flexibility index (Phi) is 8.80. The molecule has 0 amide bonds. The molecule has 0 saturated heterocycles. The number of unbranched alkanes of at least 4 members (excludes halogenated alkanes) is 2. The molecule has 0 bridgehead atoms. The molecule has 3 unspecified atom stereocenters. The molecule has 1 fully saturated rings. The molecule has 0 heteroatoms. The summed E-state index contributed by atoms with van der Waals surface area (Å²) in [4.78, 5) is 0. The zero-order valence-electron chi connectivity index (χ0n) is 13.2. The van der Waals surface area contributed by atoms with Crippen molar-refractivity contribution in [3.8, 4) is 0 Å². The van der Waals surface area contributed by atoms with Crippen molar-refractivity contribution in [2.24, 2.45) is 17.8 Å². The van der Waals surface area contributed by atoms with E-state index in [1.165, 1.54) is 77.0 Å². The third-order valence-electron chi connectivity index (χ3n) is 5.03. The summed E-state index contributed by atoms with van der Waals surface area (Å²) in [5, 5.41) is 0. The summed E-state index contributed by atoms with van der Waals surface area (Å²) >= 11 is 0. The van der Waals surface area contributed by atoms with Crippen LogP contribution in [0.15, 0.2) is 0 Å². The van der Waals surface area contributed by atoms with Gasteiger partial charge in [0.15, 0.2) is 0 Å². The van der Waals surface area contributed by atoms with Crippen LogP contribution in [0.1, 0.15) is 97.8 Å². The van der Waals surface area contributed by atoms with Gasteiger partial charge < -0.3 is 0 Å². The zero-order chi connectivity index (χ0) is 13.2. The summed E-state index contributed by atoms with van der Waals surface area (Å²) in [5.74, 6) is 3.15. The lowest BCUT2D eigenvalue weighted by Gasteiger charge is -2.19. The van der Waals surface area contributed by atoms with Gasteiger partial charge in [-0.05, 0) is 17.8 Å². The van der Waals surface area contributed by atoms with Gasteiger partial charge >= 0.3 is 0 Å². The van der Waals surface area contributed by atoms with Crippen LogP contribution in [-0.2, 0) is 0 Å². The van der Waals surface area contributed by atoms with Gasteiger partial charge in [0.25, 0.3) is 0 Å². The lowest BCUT2D eigenvalue weighted by atomic mass is 9.87.